The maximum absolute atomic E-state index is 13.8. The van der Waals surface area contributed by atoms with E-state index < -0.39 is 0 Å². The number of nitrogens with zero attached hydrogens (tertiary/aromatic N) is 9. The highest BCUT2D eigenvalue weighted by Crippen LogP contribution is 2.34. The molecule has 3 aromatic heterocycles. The Morgan fingerprint density at radius 3 is 2.51 bits per heavy atom. The van der Waals surface area contributed by atoms with Gasteiger partial charge in [0.25, 0.3) is 0 Å². The van der Waals surface area contributed by atoms with Crippen molar-refractivity contribution in [2.75, 3.05) is 41.8 Å². The van der Waals surface area contributed by atoms with Crippen molar-refractivity contribution in [3.8, 4) is 17.2 Å². The highest BCUT2D eigenvalue weighted by molar-refractivity contribution is 5.91. The molecule has 1 aliphatic carbocycles. The Kier molecular flexibility index (Phi) is 8.72. The van der Waals surface area contributed by atoms with Gasteiger partial charge in [-0.15, -0.1) is 0 Å². The Hall–Kier alpha value is -5.02. The highest BCUT2D eigenvalue weighted by atomic mass is 16.2. The van der Waals surface area contributed by atoms with Gasteiger partial charge >= 0.3 is 6.03 Å². The second-order valence-corrected chi connectivity index (χ2v) is 13.0. The minimum Gasteiger partial charge on any atom is -0.353 e. The maximum atomic E-state index is 13.8. The lowest BCUT2D eigenvalue weighted by atomic mass is 9.90. The van der Waals surface area contributed by atoms with Crippen LogP contribution in [0.4, 0.5) is 22.4 Å². The van der Waals surface area contributed by atoms with Gasteiger partial charge in [0.05, 0.1) is 12.4 Å². The van der Waals surface area contributed by atoms with E-state index in [0.717, 1.165) is 67.8 Å². The smallest absolute Gasteiger partial charge is 0.323 e. The first kappa shape index (κ1) is 30.6. The van der Waals surface area contributed by atoms with Crippen LogP contribution in [0.2, 0.25) is 0 Å². The summed E-state index contributed by atoms with van der Waals surface area (Å²) >= 11 is 0. The number of aryl methyl sites for hydroxylation is 1. The van der Waals surface area contributed by atoms with E-state index >= 15 is 0 Å². The number of rotatable bonds is 8. The van der Waals surface area contributed by atoms with Crippen molar-refractivity contribution < 1.29 is 4.79 Å². The van der Waals surface area contributed by atoms with Crippen molar-refractivity contribution in [2.45, 2.75) is 56.8 Å². The third kappa shape index (κ3) is 6.62. The van der Waals surface area contributed by atoms with Gasteiger partial charge < -0.3 is 20.4 Å². The van der Waals surface area contributed by atoms with Gasteiger partial charge in [-0.25, -0.2) is 14.8 Å². The molecule has 12 heteroatoms. The molecule has 1 aromatic carbocycles. The fourth-order valence-electron chi connectivity index (χ4n) is 7.35. The largest absolute Gasteiger partial charge is 0.353 e. The number of nitrogens with one attached hydrogen (secondary N) is 2. The van der Waals surface area contributed by atoms with Crippen LogP contribution in [0.1, 0.15) is 43.2 Å². The van der Waals surface area contributed by atoms with Crippen molar-refractivity contribution in [3.63, 3.8) is 0 Å². The predicted molar refractivity (Wildman–Crippen MR) is 181 cm³/mol. The summed E-state index contributed by atoms with van der Waals surface area (Å²) in [7, 11) is 4.07. The molecule has 12 nitrogen and oxygen atoms in total. The van der Waals surface area contributed by atoms with E-state index in [2.05, 4.69) is 43.6 Å². The molecule has 2 unspecified atom stereocenters. The minimum absolute atomic E-state index is 0.0148. The number of pyridine rings is 1. The Morgan fingerprint density at radius 1 is 0.979 bits per heavy atom. The monoisotopic (exact) mass is 631 g/mol. The predicted octanol–water partition coefficient (Wildman–Crippen LogP) is 4.42. The zero-order chi connectivity index (χ0) is 32.3. The molecule has 1 saturated carbocycles. The fraction of sp³-hybridized carbons (Fsp3) is 0.429. The van der Waals surface area contributed by atoms with Gasteiger partial charge in [-0.05, 0) is 69.3 Å². The summed E-state index contributed by atoms with van der Waals surface area (Å²) in [5.41, 5.74) is 3.48. The van der Waals surface area contributed by atoms with Crippen molar-refractivity contribution >= 4 is 23.6 Å². The Morgan fingerprint density at radius 2 is 1.81 bits per heavy atom. The van der Waals surface area contributed by atoms with E-state index in [0.29, 0.717) is 35.8 Å². The van der Waals surface area contributed by atoms with Crippen LogP contribution < -0.4 is 20.4 Å². The fourth-order valence-corrected chi connectivity index (χ4v) is 7.35. The highest BCUT2D eigenvalue weighted by Gasteiger charge is 2.41. The van der Waals surface area contributed by atoms with E-state index in [1.807, 2.05) is 73.0 Å². The number of hydrogen-bond acceptors (Lipinski definition) is 9. The van der Waals surface area contributed by atoms with Gasteiger partial charge in [-0.2, -0.15) is 15.3 Å². The topological polar surface area (TPSA) is 131 Å². The molecule has 2 atom stereocenters. The van der Waals surface area contributed by atoms with Gasteiger partial charge in [0.2, 0.25) is 5.95 Å². The average Bonchev–Trinajstić information content (AvgIpc) is 3.83. The molecule has 3 aliphatic rings. The number of carbonyl (C=O) groups excluding carboxylic acids is 1. The summed E-state index contributed by atoms with van der Waals surface area (Å²) < 4.78 is 1.76. The maximum Gasteiger partial charge on any atom is 0.323 e. The Labute approximate surface area is 275 Å². The van der Waals surface area contributed by atoms with Crippen molar-refractivity contribution in [3.05, 3.63) is 78.4 Å². The summed E-state index contributed by atoms with van der Waals surface area (Å²) in [5, 5.41) is 20.7. The number of fused-ring (bicyclic) bond motifs is 1. The third-order valence-corrected chi connectivity index (χ3v) is 9.95. The van der Waals surface area contributed by atoms with E-state index in [4.69, 9.17) is 9.97 Å². The molecule has 2 saturated heterocycles. The molecule has 0 spiro atoms. The zero-order valence-electron chi connectivity index (χ0n) is 27.0. The van der Waals surface area contributed by atoms with Gasteiger partial charge in [-0.3, -0.25) is 9.58 Å². The molecule has 7 rings (SSSR count). The van der Waals surface area contributed by atoms with Crippen molar-refractivity contribution in [1.82, 2.24) is 34.9 Å². The average molecular weight is 632 g/mol. The Balaban J connectivity index is 1.04. The second-order valence-electron chi connectivity index (χ2n) is 13.0. The number of likely N-dealkylation sites (tertiary alicyclic amines) is 1. The molecule has 0 bridgehead atoms. The number of anilines is 3. The van der Waals surface area contributed by atoms with E-state index in [1.54, 1.807) is 10.9 Å². The molecule has 4 aromatic rings. The second kappa shape index (κ2) is 13.4. The van der Waals surface area contributed by atoms with Crippen LogP contribution in [-0.4, -0.2) is 80.5 Å². The molecule has 3 fully saturated rings. The van der Waals surface area contributed by atoms with E-state index in [9.17, 15) is 10.1 Å². The quantitative estimate of drug-likeness (QED) is 0.290. The Bertz CT molecular complexity index is 1730. The van der Waals surface area contributed by atoms with Crippen LogP contribution in [0.15, 0.2) is 67.3 Å². The summed E-state index contributed by atoms with van der Waals surface area (Å²) in [6, 6.07) is 16.6. The van der Waals surface area contributed by atoms with Gasteiger partial charge in [-0.1, -0.05) is 30.3 Å². The molecule has 0 radical (unpaired) electrons. The zero-order valence-corrected chi connectivity index (χ0v) is 27.0. The standard InChI is InChI=1S/C35H41N11O/c1-43-15-14-26-22-45(23-31(26)43)33-27(16-36)19-38-34(42-33)41-29-9-11-30(12-10-29)46(35(47)39-17-24-6-4-3-5-7-24)32-13-8-25(18-37-32)28-20-40-44(2)21-28/h3-8,13,18-21,26,29-31H,9-12,14-15,17,22-23H2,1-2H3,(H,39,47)(H,38,41,42). The van der Waals surface area contributed by atoms with Crippen LogP contribution in [0.25, 0.3) is 11.1 Å². The van der Waals surface area contributed by atoms with Gasteiger partial charge in [0.15, 0.2) is 5.82 Å². The van der Waals surface area contributed by atoms with Crippen LogP contribution in [0, 0.1) is 17.2 Å². The van der Waals surface area contributed by atoms with Crippen molar-refractivity contribution in [1.29, 1.82) is 5.26 Å². The summed E-state index contributed by atoms with van der Waals surface area (Å²) in [6.45, 7) is 3.38. The third-order valence-electron chi connectivity index (χ3n) is 9.95. The normalized spacial score (nSPS) is 22.4. The molecule has 5 heterocycles. The first-order valence-corrected chi connectivity index (χ1v) is 16.5. The molecule has 2 N–H and O–H groups in total. The van der Waals surface area contributed by atoms with Gasteiger partial charge in [0.1, 0.15) is 17.5 Å². The number of benzene rings is 1. The minimum atomic E-state index is -0.159. The lowest BCUT2D eigenvalue weighted by Crippen LogP contribution is -2.49. The molecular weight excluding hydrogens is 590 g/mol. The van der Waals surface area contributed by atoms with Crippen LogP contribution in [0.5, 0.6) is 0 Å². The molecule has 2 aliphatic heterocycles. The number of nitriles is 1. The number of amides is 2. The molecular formula is C35H41N11O. The first-order valence-electron chi connectivity index (χ1n) is 16.5. The molecule has 47 heavy (non-hydrogen) atoms. The number of hydrogen-bond donors (Lipinski definition) is 2. The van der Waals surface area contributed by atoms with Gasteiger partial charge in [0, 0.05) is 68.3 Å². The van der Waals surface area contributed by atoms with Crippen LogP contribution >= 0.6 is 0 Å². The lowest BCUT2D eigenvalue weighted by molar-refractivity contribution is 0.240. The van der Waals surface area contributed by atoms with E-state index in [1.165, 1.54) is 6.42 Å². The number of likely N-dealkylation sites (N-methyl/N-ethyl adjacent to an activating group) is 1. The number of aromatic nitrogens is 5. The number of urea groups is 1. The van der Waals surface area contributed by atoms with Crippen LogP contribution in [0.3, 0.4) is 0 Å². The summed E-state index contributed by atoms with van der Waals surface area (Å²) in [6.07, 6.45) is 11.7. The summed E-state index contributed by atoms with van der Waals surface area (Å²) in [4.78, 5) is 34.4. The van der Waals surface area contributed by atoms with E-state index in [-0.39, 0.29) is 18.1 Å². The molecule has 242 valence electrons. The summed E-state index contributed by atoms with van der Waals surface area (Å²) in [5.74, 6) is 2.52. The number of carbonyl (C=O) groups is 1. The van der Waals surface area contributed by atoms with Crippen LogP contribution in [-0.2, 0) is 13.6 Å². The lowest BCUT2D eigenvalue weighted by Gasteiger charge is -2.36. The first-order chi connectivity index (χ1) is 22.9. The SMILES string of the molecule is CN1CCC2CN(c3nc(NC4CCC(N(C(=O)NCc5ccccc5)c5ccc(-c6cnn(C)c6)cn5)CC4)ncc3C#N)CC21. The molecule has 2 amide bonds. The van der Waals surface area contributed by atoms with Crippen molar-refractivity contribution in [2.24, 2.45) is 13.0 Å².